The summed E-state index contributed by atoms with van der Waals surface area (Å²) in [6.07, 6.45) is 0.209. The number of alkyl halides is 3. The van der Waals surface area contributed by atoms with Crippen molar-refractivity contribution >= 4 is 11.8 Å². The lowest BCUT2D eigenvalue weighted by Crippen LogP contribution is -2.21. The molecule has 0 aliphatic carbocycles. The average Bonchev–Trinajstić information content (AvgIpc) is 2.84. The summed E-state index contributed by atoms with van der Waals surface area (Å²) < 4.78 is 31.7. The highest BCUT2D eigenvalue weighted by atomic mass is 19.4. The lowest BCUT2D eigenvalue weighted by molar-refractivity contribution is -0.192. The Morgan fingerprint density at radius 3 is 2.27 bits per heavy atom. The Kier molecular flexibility index (Phi) is 7.58. The second kappa shape index (κ2) is 10.8. The largest absolute Gasteiger partial charge is 0.490 e. The van der Waals surface area contributed by atoms with Gasteiger partial charge in [0.25, 0.3) is 0 Å². The van der Waals surface area contributed by atoms with Gasteiger partial charge in [0.15, 0.2) is 5.82 Å². The average molecular weight is 454 g/mol. The Labute approximate surface area is 186 Å². The maximum Gasteiger partial charge on any atom is 0.490 e. The predicted octanol–water partition coefficient (Wildman–Crippen LogP) is 4.24. The molecule has 3 heterocycles. The number of aromatic nitrogens is 5. The Bertz CT molecular complexity index is 1180. The highest BCUT2D eigenvalue weighted by molar-refractivity contribution is 5.73. The number of rotatable bonds is 5. The fourth-order valence-corrected chi connectivity index (χ4v) is 2.53. The summed E-state index contributed by atoms with van der Waals surface area (Å²) in [6, 6.07) is 19.4. The Morgan fingerprint density at radius 1 is 0.939 bits per heavy atom. The van der Waals surface area contributed by atoms with Crippen LogP contribution in [0, 0.1) is 0 Å². The zero-order valence-corrected chi connectivity index (χ0v) is 16.9. The Morgan fingerprint density at radius 2 is 1.67 bits per heavy atom. The van der Waals surface area contributed by atoms with Crippen LogP contribution < -0.4 is 5.32 Å². The summed E-state index contributed by atoms with van der Waals surface area (Å²) in [5.41, 5.74) is 3.40. The van der Waals surface area contributed by atoms with Crippen LogP contribution in [0.25, 0.3) is 22.8 Å². The van der Waals surface area contributed by atoms with E-state index in [1.165, 1.54) is 0 Å². The van der Waals surface area contributed by atoms with Crippen molar-refractivity contribution in [2.45, 2.75) is 12.7 Å². The number of hydrogen-bond acceptors (Lipinski definition) is 7. The molecular weight excluding hydrogens is 437 g/mol. The van der Waals surface area contributed by atoms with Crippen LogP contribution in [0.3, 0.4) is 0 Å². The molecule has 33 heavy (non-hydrogen) atoms. The van der Waals surface area contributed by atoms with Crippen molar-refractivity contribution in [3.05, 3.63) is 84.8 Å². The first kappa shape index (κ1) is 23.3. The van der Waals surface area contributed by atoms with Gasteiger partial charge in [0.05, 0.1) is 0 Å². The summed E-state index contributed by atoms with van der Waals surface area (Å²) in [7, 11) is 0. The molecule has 0 amide bonds. The number of carboxylic acids is 1. The molecule has 8 nitrogen and oxygen atoms in total. The zero-order chi connectivity index (χ0) is 23.7. The minimum absolute atomic E-state index is 0.485. The Balaban J connectivity index is 0.000000383. The fraction of sp³-hybridized carbons (Fsp3) is 0.0909. The van der Waals surface area contributed by atoms with Gasteiger partial charge in [-0.1, -0.05) is 42.5 Å². The summed E-state index contributed by atoms with van der Waals surface area (Å²) in [4.78, 5) is 22.0. The van der Waals surface area contributed by atoms with Crippen LogP contribution in [-0.4, -0.2) is 42.4 Å². The van der Waals surface area contributed by atoms with E-state index in [0.29, 0.717) is 29.6 Å². The zero-order valence-electron chi connectivity index (χ0n) is 16.9. The first-order chi connectivity index (χ1) is 15.8. The van der Waals surface area contributed by atoms with Crippen LogP contribution >= 0.6 is 0 Å². The van der Waals surface area contributed by atoms with Crippen molar-refractivity contribution in [1.29, 1.82) is 0 Å². The maximum atomic E-state index is 10.6. The molecule has 168 valence electrons. The van der Waals surface area contributed by atoms with Crippen LogP contribution in [0.15, 0.2) is 79.3 Å². The summed E-state index contributed by atoms with van der Waals surface area (Å²) in [5.74, 6) is -1.61. The van der Waals surface area contributed by atoms with E-state index in [0.717, 1.165) is 11.1 Å². The molecule has 2 N–H and O–H groups in total. The second-order valence-corrected chi connectivity index (χ2v) is 6.43. The van der Waals surface area contributed by atoms with E-state index >= 15 is 0 Å². The number of carbonyl (C=O) groups is 1. The SMILES string of the molecule is O=C(O)C(F)(F)F.c1ccc(-c2nnc(-c3ccccn3)nc2NCc2cccnc2)cc1. The molecule has 0 fully saturated rings. The van der Waals surface area contributed by atoms with Gasteiger partial charge in [-0.3, -0.25) is 9.97 Å². The van der Waals surface area contributed by atoms with Gasteiger partial charge in [-0.15, -0.1) is 10.2 Å². The van der Waals surface area contributed by atoms with E-state index in [-0.39, 0.29) is 0 Å². The van der Waals surface area contributed by atoms with Crippen LogP contribution in [0.2, 0.25) is 0 Å². The molecule has 0 spiro atoms. The van der Waals surface area contributed by atoms with Crippen LogP contribution in [0.4, 0.5) is 19.0 Å². The molecule has 0 saturated heterocycles. The number of aliphatic carboxylic acids is 1. The van der Waals surface area contributed by atoms with Gasteiger partial charge < -0.3 is 10.4 Å². The third-order valence-electron chi connectivity index (χ3n) is 4.05. The number of anilines is 1. The normalized spacial score (nSPS) is 10.6. The lowest BCUT2D eigenvalue weighted by Gasteiger charge is -2.11. The second-order valence-electron chi connectivity index (χ2n) is 6.43. The molecule has 1 aromatic carbocycles. The number of hydrogen-bond donors (Lipinski definition) is 2. The topological polar surface area (TPSA) is 114 Å². The molecule has 0 saturated carbocycles. The summed E-state index contributed by atoms with van der Waals surface area (Å²) in [5, 5.41) is 19.2. The molecule has 4 rings (SSSR count). The van der Waals surface area contributed by atoms with E-state index in [1.807, 2.05) is 66.9 Å². The summed E-state index contributed by atoms with van der Waals surface area (Å²) >= 11 is 0. The number of nitrogens with one attached hydrogen (secondary N) is 1. The maximum absolute atomic E-state index is 10.6. The molecular formula is C22H17F3N6O2. The first-order valence-electron chi connectivity index (χ1n) is 9.49. The molecule has 3 aromatic heterocycles. The molecule has 0 aliphatic rings. The van der Waals surface area contributed by atoms with Gasteiger partial charge in [-0.25, -0.2) is 9.78 Å². The van der Waals surface area contributed by atoms with E-state index in [9.17, 15) is 13.2 Å². The van der Waals surface area contributed by atoms with Gasteiger partial charge in [0.2, 0.25) is 5.82 Å². The van der Waals surface area contributed by atoms with Crippen molar-refractivity contribution in [3.8, 4) is 22.8 Å². The summed E-state index contributed by atoms with van der Waals surface area (Å²) in [6.45, 7) is 0.591. The van der Waals surface area contributed by atoms with Gasteiger partial charge in [-0.2, -0.15) is 13.2 Å². The van der Waals surface area contributed by atoms with E-state index < -0.39 is 12.1 Å². The number of pyridine rings is 2. The molecule has 0 radical (unpaired) electrons. The van der Waals surface area contributed by atoms with Gasteiger partial charge in [0.1, 0.15) is 11.4 Å². The van der Waals surface area contributed by atoms with Crippen LogP contribution in [0.1, 0.15) is 5.56 Å². The third kappa shape index (κ3) is 6.79. The van der Waals surface area contributed by atoms with Crippen LogP contribution in [-0.2, 0) is 11.3 Å². The van der Waals surface area contributed by atoms with Crippen molar-refractivity contribution < 1.29 is 23.1 Å². The van der Waals surface area contributed by atoms with Gasteiger partial charge in [-0.05, 0) is 23.8 Å². The highest BCUT2D eigenvalue weighted by Crippen LogP contribution is 2.25. The first-order valence-corrected chi connectivity index (χ1v) is 9.49. The van der Waals surface area contributed by atoms with Gasteiger partial charge in [0, 0.05) is 30.7 Å². The fourth-order valence-electron chi connectivity index (χ4n) is 2.53. The molecule has 0 bridgehead atoms. The molecule has 0 aliphatic heterocycles. The quantitative estimate of drug-likeness (QED) is 0.460. The highest BCUT2D eigenvalue weighted by Gasteiger charge is 2.38. The number of nitrogens with zero attached hydrogens (tertiary/aromatic N) is 5. The van der Waals surface area contributed by atoms with Crippen molar-refractivity contribution in [1.82, 2.24) is 25.1 Å². The predicted molar refractivity (Wildman–Crippen MR) is 114 cm³/mol. The van der Waals surface area contributed by atoms with E-state index in [1.54, 1.807) is 12.4 Å². The number of benzene rings is 1. The van der Waals surface area contributed by atoms with E-state index in [4.69, 9.17) is 9.90 Å². The van der Waals surface area contributed by atoms with Crippen molar-refractivity contribution in [3.63, 3.8) is 0 Å². The van der Waals surface area contributed by atoms with Gasteiger partial charge >= 0.3 is 12.1 Å². The Hall–Kier alpha value is -4.41. The van der Waals surface area contributed by atoms with Crippen LogP contribution in [0.5, 0.6) is 0 Å². The monoisotopic (exact) mass is 454 g/mol. The lowest BCUT2D eigenvalue weighted by atomic mass is 10.1. The van der Waals surface area contributed by atoms with Crippen molar-refractivity contribution in [2.75, 3.05) is 5.32 Å². The third-order valence-corrected chi connectivity index (χ3v) is 4.05. The molecule has 11 heteroatoms. The number of carboxylic acid groups (broad SMARTS) is 1. The van der Waals surface area contributed by atoms with Crippen molar-refractivity contribution in [2.24, 2.45) is 0 Å². The standard InChI is InChI=1S/C20H16N6.C2HF3O2/c1-2-8-16(9-3-1)18-20(23-14-15-7-6-11-21-13-15)24-19(26-25-18)17-10-4-5-12-22-17;3-2(4,5)1(6)7/h1-13H,14H2,(H,23,24,26);(H,6,7). The molecule has 0 unspecified atom stereocenters. The van der Waals surface area contributed by atoms with E-state index in [2.05, 4.69) is 30.5 Å². The molecule has 0 atom stereocenters. The minimum Gasteiger partial charge on any atom is -0.475 e. The number of halogens is 3. The molecule has 4 aromatic rings. The smallest absolute Gasteiger partial charge is 0.475 e. The minimum atomic E-state index is -5.08.